The molecule has 0 bridgehead atoms. The number of nitrogens with one attached hydrogen (secondary N) is 1. The van der Waals surface area contributed by atoms with Crippen LogP contribution >= 0.6 is 0 Å². The van der Waals surface area contributed by atoms with Crippen LogP contribution in [-0.4, -0.2) is 24.6 Å². The summed E-state index contributed by atoms with van der Waals surface area (Å²) in [7, 11) is 1.53. The number of hydrogen-bond acceptors (Lipinski definition) is 4. The number of hydrogen-bond donors (Lipinski definition) is 1. The van der Waals surface area contributed by atoms with E-state index < -0.39 is 0 Å². The van der Waals surface area contributed by atoms with E-state index in [1.54, 1.807) is 18.2 Å². The highest BCUT2D eigenvalue weighted by Crippen LogP contribution is 2.21. The highest BCUT2D eigenvalue weighted by atomic mass is 16.5. The molecule has 1 amide bonds. The van der Waals surface area contributed by atoms with E-state index in [1.807, 2.05) is 31.2 Å². The third-order valence-corrected chi connectivity index (χ3v) is 2.59. The summed E-state index contributed by atoms with van der Waals surface area (Å²) in [6.45, 7) is 1.76. The van der Waals surface area contributed by atoms with Crippen molar-refractivity contribution in [3.05, 3.63) is 48.2 Å². The van der Waals surface area contributed by atoms with Gasteiger partial charge in [-0.25, -0.2) is 4.98 Å². The molecule has 20 heavy (non-hydrogen) atoms. The van der Waals surface area contributed by atoms with Crippen molar-refractivity contribution >= 4 is 11.7 Å². The van der Waals surface area contributed by atoms with Crippen molar-refractivity contribution in [3.8, 4) is 11.5 Å². The van der Waals surface area contributed by atoms with E-state index >= 15 is 0 Å². The maximum atomic E-state index is 11.8. The zero-order valence-electron chi connectivity index (χ0n) is 11.4. The lowest BCUT2D eigenvalue weighted by atomic mass is 10.3. The number of nitrogens with zero attached hydrogens (tertiary/aromatic N) is 1. The van der Waals surface area contributed by atoms with E-state index in [-0.39, 0.29) is 12.5 Å². The number of carbonyl (C=O) groups is 1. The van der Waals surface area contributed by atoms with Gasteiger partial charge in [-0.2, -0.15) is 0 Å². The molecule has 1 aromatic carbocycles. The van der Waals surface area contributed by atoms with Gasteiger partial charge in [-0.05, 0) is 31.2 Å². The van der Waals surface area contributed by atoms with Crippen molar-refractivity contribution in [1.29, 1.82) is 0 Å². The van der Waals surface area contributed by atoms with Crippen molar-refractivity contribution < 1.29 is 14.3 Å². The van der Waals surface area contributed by atoms with Crippen LogP contribution in [0.2, 0.25) is 0 Å². The molecule has 0 fully saturated rings. The van der Waals surface area contributed by atoms with Gasteiger partial charge in [0.05, 0.1) is 7.11 Å². The smallest absolute Gasteiger partial charge is 0.263 e. The summed E-state index contributed by atoms with van der Waals surface area (Å²) in [6, 6.07) is 12.7. The van der Waals surface area contributed by atoms with Crippen LogP contribution in [0.5, 0.6) is 11.5 Å². The fourth-order valence-electron chi connectivity index (χ4n) is 1.63. The standard InChI is InChI=1S/C15H16N2O3/c1-11-8-9-13(19-2)15(16-11)17-14(18)10-20-12-6-4-3-5-7-12/h3-9H,10H2,1-2H3,(H,16,17,18). The molecule has 0 aliphatic heterocycles. The van der Waals surface area contributed by atoms with E-state index in [0.29, 0.717) is 17.3 Å². The molecule has 1 aromatic heterocycles. The van der Waals surface area contributed by atoms with Gasteiger partial charge in [0.25, 0.3) is 5.91 Å². The second-order valence-electron chi connectivity index (χ2n) is 4.15. The first-order valence-corrected chi connectivity index (χ1v) is 6.18. The molecule has 0 aliphatic rings. The zero-order chi connectivity index (χ0) is 14.4. The minimum absolute atomic E-state index is 0.0806. The van der Waals surface area contributed by atoms with Gasteiger partial charge in [-0.3, -0.25) is 4.79 Å². The molecule has 1 heterocycles. The number of carbonyl (C=O) groups excluding carboxylic acids is 1. The van der Waals surface area contributed by atoms with E-state index in [9.17, 15) is 4.79 Å². The summed E-state index contributed by atoms with van der Waals surface area (Å²) < 4.78 is 10.5. The lowest BCUT2D eigenvalue weighted by Crippen LogP contribution is -2.21. The Hall–Kier alpha value is -2.56. The molecule has 0 unspecified atom stereocenters. The normalized spacial score (nSPS) is 9.90. The minimum Gasteiger partial charge on any atom is -0.493 e. The molecular weight excluding hydrogens is 256 g/mol. The topological polar surface area (TPSA) is 60.5 Å². The first kappa shape index (κ1) is 13.9. The summed E-state index contributed by atoms with van der Waals surface area (Å²) >= 11 is 0. The fourth-order valence-corrected chi connectivity index (χ4v) is 1.63. The number of aryl methyl sites for hydroxylation is 1. The molecule has 2 rings (SSSR count). The molecule has 0 saturated carbocycles. The van der Waals surface area contributed by atoms with Gasteiger partial charge in [0.2, 0.25) is 0 Å². The number of para-hydroxylation sites is 1. The van der Waals surface area contributed by atoms with Crippen LogP contribution in [0, 0.1) is 6.92 Å². The number of anilines is 1. The van der Waals surface area contributed by atoms with Gasteiger partial charge in [0.15, 0.2) is 18.2 Å². The van der Waals surface area contributed by atoms with Crippen LogP contribution in [0.1, 0.15) is 5.69 Å². The third kappa shape index (κ3) is 3.71. The summed E-state index contributed by atoms with van der Waals surface area (Å²) in [4.78, 5) is 16.1. The Morgan fingerprint density at radius 1 is 1.20 bits per heavy atom. The Morgan fingerprint density at radius 2 is 1.95 bits per heavy atom. The maximum Gasteiger partial charge on any atom is 0.263 e. The lowest BCUT2D eigenvalue weighted by molar-refractivity contribution is -0.118. The maximum absolute atomic E-state index is 11.8. The van der Waals surface area contributed by atoms with Crippen LogP contribution in [0.25, 0.3) is 0 Å². The second-order valence-corrected chi connectivity index (χ2v) is 4.15. The molecule has 104 valence electrons. The number of ether oxygens (including phenoxy) is 2. The SMILES string of the molecule is COc1ccc(C)nc1NC(=O)COc1ccccc1. The van der Waals surface area contributed by atoms with Crippen molar-refractivity contribution in [3.63, 3.8) is 0 Å². The predicted octanol–water partition coefficient (Wildman–Crippen LogP) is 2.42. The van der Waals surface area contributed by atoms with E-state index in [4.69, 9.17) is 9.47 Å². The largest absolute Gasteiger partial charge is 0.493 e. The first-order chi connectivity index (χ1) is 9.69. The highest BCUT2D eigenvalue weighted by Gasteiger charge is 2.09. The van der Waals surface area contributed by atoms with Crippen molar-refractivity contribution in [1.82, 2.24) is 4.98 Å². The Kier molecular flexibility index (Phi) is 4.55. The summed E-state index contributed by atoms with van der Waals surface area (Å²) in [6.07, 6.45) is 0. The van der Waals surface area contributed by atoms with Gasteiger partial charge in [0.1, 0.15) is 5.75 Å². The number of benzene rings is 1. The van der Waals surface area contributed by atoms with Gasteiger partial charge in [-0.15, -0.1) is 0 Å². The highest BCUT2D eigenvalue weighted by molar-refractivity contribution is 5.92. The number of pyridine rings is 1. The second kappa shape index (κ2) is 6.56. The van der Waals surface area contributed by atoms with Crippen LogP contribution in [-0.2, 0) is 4.79 Å². The van der Waals surface area contributed by atoms with Crippen LogP contribution < -0.4 is 14.8 Å². The number of aromatic nitrogens is 1. The Bertz CT molecular complexity index is 585. The quantitative estimate of drug-likeness (QED) is 0.908. The fraction of sp³-hybridized carbons (Fsp3) is 0.200. The number of methoxy groups -OCH3 is 1. The van der Waals surface area contributed by atoms with E-state index in [2.05, 4.69) is 10.3 Å². The first-order valence-electron chi connectivity index (χ1n) is 6.18. The monoisotopic (exact) mass is 272 g/mol. The van der Waals surface area contributed by atoms with E-state index in [0.717, 1.165) is 5.69 Å². The molecule has 0 radical (unpaired) electrons. The number of rotatable bonds is 5. The number of amides is 1. The Labute approximate surface area is 117 Å². The molecule has 0 saturated heterocycles. The summed E-state index contributed by atoms with van der Waals surface area (Å²) in [5.41, 5.74) is 0.796. The minimum atomic E-state index is -0.287. The van der Waals surface area contributed by atoms with Crippen molar-refractivity contribution in [2.45, 2.75) is 6.92 Å². The average Bonchev–Trinajstić information content (AvgIpc) is 2.46. The van der Waals surface area contributed by atoms with Gasteiger partial charge < -0.3 is 14.8 Å². The van der Waals surface area contributed by atoms with Crippen molar-refractivity contribution in [2.75, 3.05) is 19.0 Å². The lowest BCUT2D eigenvalue weighted by Gasteiger charge is -2.10. The Morgan fingerprint density at radius 3 is 2.65 bits per heavy atom. The summed E-state index contributed by atoms with van der Waals surface area (Å²) in [5, 5.41) is 2.67. The van der Waals surface area contributed by atoms with Crippen LogP contribution in [0.4, 0.5) is 5.82 Å². The van der Waals surface area contributed by atoms with Gasteiger partial charge >= 0.3 is 0 Å². The van der Waals surface area contributed by atoms with Gasteiger partial charge in [0, 0.05) is 5.69 Å². The Balaban J connectivity index is 1.96. The predicted molar refractivity (Wildman–Crippen MR) is 76.1 cm³/mol. The van der Waals surface area contributed by atoms with Gasteiger partial charge in [-0.1, -0.05) is 18.2 Å². The molecule has 0 atom stereocenters. The molecule has 0 spiro atoms. The molecule has 0 aliphatic carbocycles. The van der Waals surface area contributed by atoms with Crippen LogP contribution in [0.15, 0.2) is 42.5 Å². The van der Waals surface area contributed by atoms with Crippen molar-refractivity contribution in [2.24, 2.45) is 0 Å². The molecule has 5 heteroatoms. The zero-order valence-corrected chi connectivity index (χ0v) is 11.4. The van der Waals surface area contributed by atoms with E-state index in [1.165, 1.54) is 7.11 Å². The molecule has 1 N–H and O–H groups in total. The molecule has 2 aromatic rings. The third-order valence-electron chi connectivity index (χ3n) is 2.59. The molecular formula is C15H16N2O3. The summed E-state index contributed by atoms with van der Waals surface area (Å²) in [5.74, 6) is 1.27. The average molecular weight is 272 g/mol. The molecule has 5 nitrogen and oxygen atoms in total. The van der Waals surface area contributed by atoms with Crippen LogP contribution in [0.3, 0.4) is 0 Å².